The summed E-state index contributed by atoms with van der Waals surface area (Å²) in [7, 11) is 0. The Morgan fingerprint density at radius 3 is 2.97 bits per heavy atom. The van der Waals surface area contributed by atoms with Crippen LogP contribution in [0, 0.1) is 5.41 Å². The maximum atomic E-state index is 7.65. The molecule has 0 radical (unpaired) electrons. The van der Waals surface area contributed by atoms with Gasteiger partial charge in [-0.1, -0.05) is 6.07 Å². The standard InChI is InChI=1S/C23H24N8/c1-23(20-4-2-3-7-27-20)12-26-11-19-15(23)8-18(30-19)21-22-17(28-13-29-21)6-5-16(31-22)14(9-24)10-25/h2-9,11,14,24,28,30H,10,12-13,25H2,1H3. The number of nitrogens with one attached hydrogen (secondary N) is 3. The Kier molecular flexibility index (Phi) is 4.71. The van der Waals surface area contributed by atoms with Crippen molar-refractivity contribution >= 4 is 23.8 Å². The van der Waals surface area contributed by atoms with Crippen LogP contribution >= 0.6 is 0 Å². The van der Waals surface area contributed by atoms with Crippen LogP contribution in [0.25, 0.3) is 0 Å². The van der Waals surface area contributed by atoms with Gasteiger partial charge in [0.1, 0.15) is 18.1 Å². The second-order valence-electron chi connectivity index (χ2n) is 8.01. The van der Waals surface area contributed by atoms with Crippen LogP contribution in [0.1, 0.15) is 46.9 Å². The van der Waals surface area contributed by atoms with Crippen LogP contribution < -0.4 is 11.1 Å². The average Bonchev–Trinajstić information content (AvgIpc) is 3.26. The molecule has 0 amide bonds. The molecule has 3 aromatic rings. The van der Waals surface area contributed by atoms with Crippen LogP contribution in [0.15, 0.2) is 52.6 Å². The van der Waals surface area contributed by atoms with Crippen molar-refractivity contribution in [1.29, 1.82) is 5.41 Å². The monoisotopic (exact) mass is 412 g/mol. The average molecular weight is 413 g/mol. The Morgan fingerprint density at radius 2 is 2.19 bits per heavy atom. The van der Waals surface area contributed by atoms with Crippen LogP contribution in [0.3, 0.4) is 0 Å². The lowest BCUT2D eigenvalue weighted by molar-refractivity contribution is 0.560. The zero-order valence-electron chi connectivity index (χ0n) is 17.3. The molecule has 0 aliphatic carbocycles. The lowest BCUT2D eigenvalue weighted by Crippen LogP contribution is -2.31. The molecule has 0 spiro atoms. The fourth-order valence-electron chi connectivity index (χ4n) is 4.24. The Bertz CT molecular complexity index is 1190. The molecule has 2 atom stereocenters. The maximum absolute atomic E-state index is 7.65. The third kappa shape index (κ3) is 3.16. The predicted molar refractivity (Wildman–Crippen MR) is 123 cm³/mol. The van der Waals surface area contributed by atoms with Gasteiger partial charge in [-0.3, -0.25) is 15.0 Å². The van der Waals surface area contributed by atoms with Gasteiger partial charge in [-0.25, -0.2) is 4.98 Å². The third-order valence-corrected chi connectivity index (χ3v) is 6.04. The van der Waals surface area contributed by atoms with Crippen molar-refractivity contribution in [3.63, 3.8) is 0 Å². The summed E-state index contributed by atoms with van der Waals surface area (Å²) < 4.78 is 0. The quantitative estimate of drug-likeness (QED) is 0.480. The van der Waals surface area contributed by atoms with Gasteiger partial charge in [-0.05, 0) is 42.8 Å². The minimum absolute atomic E-state index is 0.218. The Balaban J connectivity index is 1.60. The Morgan fingerprint density at radius 1 is 1.29 bits per heavy atom. The van der Waals surface area contributed by atoms with Crippen molar-refractivity contribution in [2.75, 3.05) is 25.1 Å². The largest absolute Gasteiger partial charge is 0.364 e. The SMILES string of the molecule is CC1(c2ccccn2)CN=Cc2[nH]c(C3=NCNc4ccc(C(C=N)CN)nc43)cc21. The van der Waals surface area contributed by atoms with Crippen molar-refractivity contribution in [3.05, 3.63) is 76.6 Å². The molecule has 2 unspecified atom stereocenters. The van der Waals surface area contributed by atoms with E-state index in [0.29, 0.717) is 19.8 Å². The number of nitrogens with two attached hydrogens (primary N) is 1. The van der Waals surface area contributed by atoms with Gasteiger partial charge in [0.15, 0.2) is 0 Å². The summed E-state index contributed by atoms with van der Waals surface area (Å²) in [4.78, 5) is 22.3. The van der Waals surface area contributed by atoms with E-state index in [1.165, 1.54) is 6.21 Å². The third-order valence-electron chi connectivity index (χ3n) is 6.04. The number of rotatable bonds is 5. The lowest BCUT2D eigenvalue weighted by Gasteiger charge is -2.29. The first kappa shape index (κ1) is 19.3. The highest BCUT2D eigenvalue weighted by Gasteiger charge is 2.36. The molecule has 0 bridgehead atoms. The molecule has 0 aromatic carbocycles. The van der Waals surface area contributed by atoms with E-state index in [0.717, 1.165) is 45.4 Å². The first-order valence-corrected chi connectivity index (χ1v) is 10.3. The van der Waals surface area contributed by atoms with Crippen LogP contribution in [-0.2, 0) is 5.41 Å². The van der Waals surface area contributed by atoms with E-state index in [4.69, 9.17) is 21.1 Å². The molecule has 2 aliphatic rings. The summed E-state index contributed by atoms with van der Waals surface area (Å²) in [6, 6.07) is 12.0. The molecule has 5 heterocycles. The first-order valence-electron chi connectivity index (χ1n) is 10.3. The smallest absolute Gasteiger partial charge is 0.114 e. The number of anilines is 1. The molecular formula is C23H24N8. The maximum Gasteiger partial charge on any atom is 0.114 e. The normalized spacial score (nSPS) is 20.3. The van der Waals surface area contributed by atoms with Gasteiger partial charge in [-0.2, -0.15) is 0 Å². The van der Waals surface area contributed by atoms with E-state index in [2.05, 4.69) is 33.3 Å². The number of aromatic amines is 1. The zero-order chi connectivity index (χ0) is 21.4. The molecule has 0 fully saturated rings. The van der Waals surface area contributed by atoms with Gasteiger partial charge in [0, 0.05) is 31.1 Å². The summed E-state index contributed by atoms with van der Waals surface area (Å²) >= 11 is 0. The number of fused-ring (bicyclic) bond motifs is 2. The van der Waals surface area contributed by atoms with Crippen LogP contribution in [0.4, 0.5) is 5.69 Å². The number of aliphatic imine (C=N–C) groups is 2. The Labute approximate surface area is 180 Å². The molecule has 5 N–H and O–H groups in total. The Hall–Kier alpha value is -3.65. The fourth-order valence-corrected chi connectivity index (χ4v) is 4.24. The summed E-state index contributed by atoms with van der Waals surface area (Å²) in [5, 5.41) is 10.9. The molecule has 0 saturated heterocycles. The molecule has 8 nitrogen and oxygen atoms in total. The minimum atomic E-state index is -0.323. The van der Waals surface area contributed by atoms with E-state index >= 15 is 0 Å². The van der Waals surface area contributed by atoms with Gasteiger partial charge < -0.3 is 21.4 Å². The van der Waals surface area contributed by atoms with Crippen LogP contribution in [0.2, 0.25) is 0 Å². The highest BCUT2D eigenvalue weighted by atomic mass is 15.1. The summed E-state index contributed by atoms with van der Waals surface area (Å²) in [5.41, 5.74) is 12.7. The van der Waals surface area contributed by atoms with Crippen LogP contribution in [-0.4, -0.2) is 52.9 Å². The van der Waals surface area contributed by atoms with Crippen molar-refractivity contribution in [3.8, 4) is 0 Å². The number of aromatic nitrogens is 3. The van der Waals surface area contributed by atoms with Crippen molar-refractivity contribution < 1.29 is 0 Å². The zero-order valence-corrected chi connectivity index (χ0v) is 17.3. The van der Waals surface area contributed by atoms with Crippen LogP contribution in [0.5, 0.6) is 0 Å². The van der Waals surface area contributed by atoms with E-state index < -0.39 is 0 Å². The van der Waals surface area contributed by atoms with Gasteiger partial charge >= 0.3 is 0 Å². The van der Waals surface area contributed by atoms with Gasteiger partial charge in [-0.15, -0.1) is 0 Å². The number of hydrogen-bond acceptors (Lipinski definition) is 7. The van der Waals surface area contributed by atoms with E-state index in [1.54, 1.807) is 0 Å². The predicted octanol–water partition coefficient (Wildman–Crippen LogP) is 2.46. The van der Waals surface area contributed by atoms with Gasteiger partial charge in [0.05, 0.1) is 40.4 Å². The number of H-pyrrole nitrogens is 1. The molecule has 31 heavy (non-hydrogen) atoms. The van der Waals surface area contributed by atoms with Crippen molar-refractivity contribution in [2.24, 2.45) is 15.7 Å². The van der Waals surface area contributed by atoms with E-state index in [-0.39, 0.29) is 11.3 Å². The summed E-state index contributed by atoms with van der Waals surface area (Å²) in [5.74, 6) is -0.218. The molecule has 156 valence electrons. The molecule has 8 heteroatoms. The number of nitrogens with zero attached hydrogens (tertiary/aromatic N) is 4. The number of hydrogen-bond donors (Lipinski definition) is 4. The molecular weight excluding hydrogens is 388 g/mol. The molecule has 3 aromatic heterocycles. The van der Waals surface area contributed by atoms with Gasteiger partial charge in [0.25, 0.3) is 0 Å². The summed E-state index contributed by atoms with van der Waals surface area (Å²) in [6.07, 6.45) is 5.04. The van der Waals surface area contributed by atoms with E-state index in [1.807, 2.05) is 42.7 Å². The van der Waals surface area contributed by atoms with Crippen molar-refractivity contribution in [1.82, 2.24) is 15.0 Å². The van der Waals surface area contributed by atoms with E-state index in [9.17, 15) is 0 Å². The highest BCUT2D eigenvalue weighted by molar-refractivity contribution is 6.15. The number of pyridine rings is 2. The van der Waals surface area contributed by atoms with Crippen molar-refractivity contribution in [2.45, 2.75) is 18.3 Å². The first-order chi connectivity index (χ1) is 15.1. The van der Waals surface area contributed by atoms with Gasteiger partial charge in [0.2, 0.25) is 0 Å². The summed E-state index contributed by atoms with van der Waals surface area (Å²) in [6.45, 7) is 3.63. The minimum Gasteiger partial charge on any atom is -0.364 e. The molecule has 0 saturated carbocycles. The second kappa shape index (κ2) is 7.55. The highest BCUT2D eigenvalue weighted by Crippen LogP contribution is 2.36. The topological polar surface area (TPSA) is 128 Å². The molecule has 2 aliphatic heterocycles. The second-order valence-corrected chi connectivity index (χ2v) is 8.01. The molecule has 5 rings (SSSR count). The lowest BCUT2D eigenvalue weighted by atomic mass is 9.77. The fraction of sp³-hybridized carbons (Fsp3) is 0.261.